The average Bonchev–Trinajstić information content (AvgIpc) is 3.28. The van der Waals surface area contributed by atoms with E-state index in [0.717, 1.165) is 16.9 Å². The summed E-state index contributed by atoms with van der Waals surface area (Å²) in [6, 6.07) is 13.4. The highest BCUT2D eigenvalue weighted by molar-refractivity contribution is 14.0. The Bertz CT molecular complexity index is 991. The summed E-state index contributed by atoms with van der Waals surface area (Å²) >= 11 is 0. The molecule has 0 atom stereocenters. The number of guanidine groups is 1. The Morgan fingerprint density at radius 3 is 2.29 bits per heavy atom. The average molecular weight is 538 g/mol. The molecule has 0 unspecified atom stereocenters. The van der Waals surface area contributed by atoms with Crippen molar-refractivity contribution >= 4 is 29.9 Å². The number of ether oxygens (including phenoxy) is 3. The Kier molecular flexibility index (Phi) is 9.38. The summed E-state index contributed by atoms with van der Waals surface area (Å²) < 4.78 is 15.8. The second kappa shape index (κ2) is 12.0. The summed E-state index contributed by atoms with van der Waals surface area (Å²) in [4.78, 5) is 8.76. The van der Waals surface area contributed by atoms with Gasteiger partial charge in [-0.1, -0.05) is 6.07 Å². The van der Waals surface area contributed by atoms with Gasteiger partial charge in [0.1, 0.15) is 11.6 Å². The SMILES string of the molecule is CN=C(NCc1ccc(OC)c(OC)c1)NCc1nc(-c2ccc(OC)cc2)n[nH]1.I. The molecule has 3 N–H and O–H groups in total. The fourth-order valence-electron chi connectivity index (χ4n) is 2.81. The van der Waals surface area contributed by atoms with E-state index in [4.69, 9.17) is 14.2 Å². The van der Waals surface area contributed by atoms with Crippen LogP contribution in [0.5, 0.6) is 17.2 Å². The minimum atomic E-state index is 0. The fraction of sp³-hybridized carbons (Fsp3) is 0.286. The van der Waals surface area contributed by atoms with E-state index in [9.17, 15) is 0 Å². The molecule has 3 rings (SSSR count). The van der Waals surface area contributed by atoms with Gasteiger partial charge in [0.05, 0.1) is 27.9 Å². The lowest BCUT2D eigenvalue weighted by Crippen LogP contribution is -2.36. The molecule has 0 aliphatic rings. The zero-order chi connectivity index (χ0) is 21.3. The lowest BCUT2D eigenvalue weighted by Gasteiger charge is -2.13. The van der Waals surface area contributed by atoms with E-state index >= 15 is 0 Å². The minimum absolute atomic E-state index is 0. The van der Waals surface area contributed by atoms with Gasteiger partial charge in [-0.05, 0) is 42.0 Å². The monoisotopic (exact) mass is 538 g/mol. The lowest BCUT2D eigenvalue weighted by atomic mass is 10.2. The second-order valence-electron chi connectivity index (χ2n) is 6.30. The van der Waals surface area contributed by atoms with E-state index in [-0.39, 0.29) is 24.0 Å². The van der Waals surface area contributed by atoms with E-state index in [1.165, 1.54) is 0 Å². The highest BCUT2D eigenvalue weighted by atomic mass is 127. The number of H-pyrrole nitrogens is 1. The Labute approximate surface area is 198 Å². The number of aliphatic imine (C=N–C) groups is 1. The van der Waals surface area contributed by atoms with Crippen molar-refractivity contribution in [2.45, 2.75) is 13.1 Å². The molecule has 0 bridgehead atoms. The largest absolute Gasteiger partial charge is 0.497 e. The van der Waals surface area contributed by atoms with Gasteiger partial charge in [-0.25, -0.2) is 4.98 Å². The van der Waals surface area contributed by atoms with Crippen molar-refractivity contribution in [1.29, 1.82) is 0 Å². The molecule has 0 saturated heterocycles. The first-order valence-electron chi connectivity index (χ1n) is 9.38. The van der Waals surface area contributed by atoms with Gasteiger partial charge < -0.3 is 24.8 Å². The highest BCUT2D eigenvalue weighted by Crippen LogP contribution is 2.27. The van der Waals surface area contributed by atoms with E-state index in [0.29, 0.717) is 42.2 Å². The highest BCUT2D eigenvalue weighted by Gasteiger charge is 2.08. The van der Waals surface area contributed by atoms with Crippen molar-refractivity contribution in [2.24, 2.45) is 4.99 Å². The van der Waals surface area contributed by atoms with Gasteiger partial charge in [-0.3, -0.25) is 10.1 Å². The molecular formula is C21H27IN6O3. The number of nitrogens with zero attached hydrogens (tertiary/aromatic N) is 3. The van der Waals surface area contributed by atoms with Gasteiger partial charge in [0.2, 0.25) is 0 Å². The van der Waals surface area contributed by atoms with E-state index < -0.39 is 0 Å². The molecule has 0 aliphatic heterocycles. The van der Waals surface area contributed by atoms with Gasteiger partial charge in [0.15, 0.2) is 23.3 Å². The molecule has 31 heavy (non-hydrogen) atoms. The maximum atomic E-state index is 5.34. The molecule has 9 nitrogen and oxygen atoms in total. The summed E-state index contributed by atoms with van der Waals surface area (Å²) in [5, 5.41) is 13.7. The third kappa shape index (κ3) is 6.48. The van der Waals surface area contributed by atoms with Crippen LogP contribution in [-0.4, -0.2) is 49.5 Å². The van der Waals surface area contributed by atoms with Crippen molar-refractivity contribution in [3.63, 3.8) is 0 Å². The molecule has 2 aromatic carbocycles. The van der Waals surface area contributed by atoms with Crippen LogP contribution in [0.3, 0.4) is 0 Å². The van der Waals surface area contributed by atoms with Gasteiger partial charge in [0, 0.05) is 19.2 Å². The van der Waals surface area contributed by atoms with Crippen molar-refractivity contribution in [2.75, 3.05) is 28.4 Å². The number of nitrogens with one attached hydrogen (secondary N) is 3. The summed E-state index contributed by atoms with van der Waals surface area (Å²) in [6.45, 7) is 1.03. The van der Waals surface area contributed by atoms with Crippen molar-refractivity contribution < 1.29 is 14.2 Å². The topological polar surface area (TPSA) is 106 Å². The fourth-order valence-corrected chi connectivity index (χ4v) is 2.81. The predicted molar refractivity (Wildman–Crippen MR) is 130 cm³/mol. The van der Waals surface area contributed by atoms with E-state index in [2.05, 4.69) is 30.8 Å². The number of rotatable bonds is 8. The van der Waals surface area contributed by atoms with Crippen LogP contribution in [0.4, 0.5) is 0 Å². The van der Waals surface area contributed by atoms with Crippen LogP contribution in [0.25, 0.3) is 11.4 Å². The van der Waals surface area contributed by atoms with Crippen LogP contribution in [0, 0.1) is 0 Å². The molecule has 0 amide bonds. The maximum absolute atomic E-state index is 5.34. The molecule has 0 fully saturated rings. The molecule has 10 heteroatoms. The summed E-state index contributed by atoms with van der Waals surface area (Å²) in [5.41, 5.74) is 1.95. The standard InChI is InChI=1S/C21H26N6O3.HI/c1-22-21(23-12-14-5-10-17(29-3)18(11-14)30-4)24-13-19-25-20(27-26-19)15-6-8-16(28-2)9-7-15;/h5-11H,12-13H2,1-4H3,(H2,22,23,24)(H,25,26,27);1H. The van der Waals surface area contributed by atoms with E-state index in [1.807, 2.05) is 42.5 Å². The quantitative estimate of drug-likeness (QED) is 0.230. The number of halogens is 1. The Morgan fingerprint density at radius 2 is 1.65 bits per heavy atom. The Morgan fingerprint density at radius 1 is 0.935 bits per heavy atom. The first-order chi connectivity index (χ1) is 14.7. The van der Waals surface area contributed by atoms with Crippen molar-refractivity contribution in [1.82, 2.24) is 25.8 Å². The molecule has 0 aliphatic carbocycles. The van der Waals surface area contributed by atoms with Gasteiger partial charge in [-0.15, -0.1) is 24.0 Å². The van der Waals surface area contributed by atoms with E-state index in [1.54, 1.807) is 28.4 Å². The van der Waals surface area contributed by atoms with Crippen molar-refractivity contribution in [3.8, 4) is 28.6 Å². The Balaban J connectivity index is 0.00000341. The van der Waals surface area contributed by atoms with Crippen LogP contribution < -0.4 is 24.8 Å². The smallest absolute Gasteiger partial charge is 0.191 e. The van der Waals surface area contributed by atoms with Crippen LogP contribution in [0.15, 0.2) is 47.5 Å². The number of hydrogen-bond donors (Lipinski definition) is 3. The summed E-state index contributed by atoms with van der Waals surface area (Å²) in [5.74, 6) is 4.15. The van der Waals surface area contributed by atoms with Gasteiger partial charge in [0.25, 0.3) is 0 Å². The zero-order valence-electron chi connectivity index (χ0n) is 17.9. The second-order valence-corrected chi connectivity index (χ2v) is 6.30. The first kappa shape index (κ1) is 24.3. The van der Waals surface area contributed by atoms with Crippen molar-refractivity contribution in [3.05, 3.63) is 53.9 Å². The molecular weight excluding hydrogens is 511 g/mol. The number of methoxy groups -OCH3 is 3. The van der Waals surface area contributed by atoms with Gasteiger partial charge in [-0.2, -0.15) is 5.10 Å². The normalized spacial score (nSPS) is 10.8. The number of aromatic amines is 1. The molecule has 1 heterocycles. The van der Waals surface area contributed by atoms with Gasteiger partial charge >= 0.3 is 0 Å². The van der Waals surface area contributed by atoms with Crippen LogP contribution in [0.1, 0.15) is 11.4 Å². The summed E-state index contributed by atoms with van der Waals surface area (Å²) in [6.07, 6.45) is 0. The third-order valence-electron chi connectivity index (χ3n) is 4.43. The number of aromatic nitrogens is 3. The first-order valence-corrected chi connectivity index (χ1v) is 9.38. The predicted octanol–water partition coefficient (Wildman–Crippen LogP) is 2.98. The van der Waals surface area contributed by atoms with Crippen LogP contribution >= 0.6 is 24.0 Å². The third-order valence-corrected chi connectivity index (χ3v) is 4.43. The molecule has 0 saturated carbocycles. The summed E-state index contributed by atoms with van der Waals surface area (Å²) in [7, 11) is 6.59. The molecule has 0 radical (unpaired) electrons. The zero-order valence-corrected chi connectivity index (χ0v) is 20.3. The molecule has 166 valence electrons. The lowest BCUT2D eigenvalue weighted by molar-refractivity contribution is 0.354. The van der Waals surface area contributed by atoms with Crippen LogP contribution in [0.2, 0.25) is 0 Å². The molecule has 3 aromatic rings. The number of benzene rings is 2. The maximum Gasteiger partial charge on any atom is 0.191 e. The Hall–Kier alpha value is -3.02. The minimum Gasteiger partial charge on any atom is -0.497 e. The number of hydrogen-bond acceptors (Lipinski definition) is 6. The van der Waals surface area contributed by atoms with Crippen LogP contribution in [-0.2, 0) is 13.1 Å². The molecule has 0 spiro atoms. The molecule has 1 aromatic heterocycles.